The Bertz CT molecular complexity index is 937. The van der Waals surface area contributed by atoms with Crippen LogP contribution in [0.4, 0.5) is 5.69 Å². The first-order valence-electron chi connectivity index (χ1n) is 9.17. The maximum absolute atomic E-state index is 9.45. The Balaban J connectivity index is 1.39. The number of methoxy groups -OCH3 is 1. The van der Waals surface area contributed by atoms with Crippen molar-refractivity contribution in [3.8, 4) is 22.1 Å². The average Bonchev–Trinajstić information content (AvgIpc) is 3.17. The Morgan fingerprint density at radius 2 is 1.86 bits per heavy atom. The fourth-order valence-electron chi connectivity index (χ4n) is 3.41. The van der Waals surface area contributed by atoms with Gasteiger partial charge in [-0.1, -0.05) is 15.9 Å². The zero-order valence-electron chi connectivity index (χ0n) is 15.6. The minimum atomic E-state index is 0.309. The number of phenols is 1. The molecule has 2 heterocycles. The summed E-state index contributed by atoms with van der Waals surface area (Å²) in [6.45, 7) is 4.79. The minimum absolute atomic E-state index is 0.309. The van der Waals surface area contributed by atoms with Crippen LogP contribution in [0.15, 0.2) is 52.3 Å². The number of halogens is 1. The van der Waals surface area contributed by atoms with Gasteiger partial charge in [0.1, 0.15) is 16.5 Å². The Hall–Kier alpha value is -2.09. The molecule has 1 N–H and O–H groups in total. The molecule has 3 aromatic rings. The Morgan fingerprint density at radius 1 is 1.11 bits per heavy atom. The number of thiazole rings is 1. The highest BCUT2D eigenvalue weighted by Crippen LogP contribution is 2.34. The van der Waals surface area contributed by atoms with E-state index in [0.29, 0.717) is 5.75 Å². The predicted octanol–water partition coefficient (Wildman–Crippen LogP) is 4.61. The van der Waals surface area contributed by atoms with E-state index in [9.17, 15) is 5.11 Å². The second-order valence-corrected chi connectivity index (χ2v) is 8.54. The molecule has 0 atom stereocenters. The lowest BCUT2D eigenvalue weighted by molar-refractivity contribution is 0.247. The molecule has 0 bridgehead atoms. The highest BCUT2D eigenvalue weighted by molar-refractivity contribution is 9.10. The summed E-state index contributed by atoms with van der Waals surface area (Å²) in [5.74, 6) is 1.15. The number of rotatable bonds is 5. The maximum atomic E-state index is 9.45. The van der Waals surface area contributed by atoms with E-state index < -0.39 is 0 Å². The standard InChI is InChI=1S/C21H22BrN3O2S/c1-27-20-7-2-15(22)12-19(20)21-23-16(14-28-21)13-24-8-10-25(11-9-24)17-3-5-18(26)6-4-17/h2-7,12,14,26H,8-11,13H2,1H3. The number of hydrogen-bond acceptors (Lipinski definition) is 6. The van der Waals surface area contributed by atoms with E-state index in [2.05, 4.69) is 37.2 Å². The van der Waals surface area contributed by atoms with Crippen LogP contribution in [0.5, 0.6) is 11.5 Å². The van der Waals surface area contributed by atoms with Gasteiger partial charge < -0.3 is 14.7 Å². The largest absolute Gasteiger partial charge is 0.508 e. The lowest BCUT2D eigenvalue weighted by atomic mass is 10.2. The molecule has 1 aliphatic heterocycles. The second kappa shape index (κ2) is 8.51. The fourth-order valence-corrected chi connectivity index (χ4v) is 4.60. The first kappa shape index (κ1) is 19.2. The Morgan fingerprint density at radius 3 is 2.57 bits per heavy atom. The molecule has 0 unspecified atom stereocenters. The molecule has 0 amide bonds. The van der Waals surface area contributed by atoms with Gasteiger partial charge in [0.05, 0.1) is 18.4 Å². The van der Waals surface area contributed by atoms with Gasteiger partial charge >= 0.3 is 0 Å². The first-order valence-corrected chi connectivity index (χ1v) is 10.8. The van der Waals surface area contributed by atoms with Crippen molar-refractivity contribution in [1.82, 2.24) is 9.88 Å². The molecule has 0 radical (unpaired) electrons. The zero-order valence-corrected chi connectivity index (χ0v) is 18.0. The number of hydrogen-bond donors (Lipinski definition) is 1. The monoisotopic (exact) mass is 459 g/mol. The van der Waals surface area contributed by atoms with Crippen molar-refractivity contribution >= 4 is 33.0 Å². The molecule has 7 heteroatoms. The number of nitrogens with zero attached hydrogens (tertiary/aromatic N) is 3. The molecule has 5 nitrogen and oxygen atoms in total. The SMILES string of the molecule is COc1ccc(Br)cc1-c1nc(CN2CCN(c3ccc(O)cc3)CC2)cs1. The minimum Gasteiger partial charge on any atom is -0.508 e. The fraction of sp³-hybridized carbons (Fsp3) is 0.286. The zero-order chi connectivity index (χ0) is 19.5. The third-order valence-electron chi connectivity index (χ3n) is 4.92. The molecule has 1 saturated heterocycles. The van der Waals surface area contributed by atoms with Gasteiger partial charge in [-0.05, 0) is 42.5 Å². The molecule has 0 aliphatic carbocycles. The topological polar surface area (TPSA) is 48.8 Å². The molecule has 0 spiro atoms. The molecule has 146 valence electrons. The van der Waals surface area contributed by atoms with Crippen LogP contribution in [0.25, 0.3) is 10.6 Å². The molecule has 1 aromatic heterocycles. The molecule has 1 aliphatic rings. The normalized spacial score (nSPS) is 15.0. The van der Waals surface area contributed by atoms with Crippen molar-refractivity contribution in [3.05, 3.63) is 58.0 Å². The van der Waals surface area contributed by atoms with Gasteiger partial charge in [-0.2, -0.15) is 0 Å². The Labute approximate surface area is 177 Å². The molecular formula is C21H22BrN3O2S. The summed E-state index contributed by atoms with van der Waals surface area (Å²) in [4.78, 5) is 9.64. The summed E-state index contributed by atoms with van der Waals surface area (Å²) in [5, 5.41) is 12.6. The van der Waals surface area contributed by atoms with Crippen LogP contribution in [0.3, 0.4) is 0 Å². The summed E-state index contributed by atoms with van der Waals surface area (Å²) in [5.41, 5.74) is 3.28. The van der Waals surface area contributed by atoms with Crippen molar-refractivity contribution in [3.63, 3.8) is 0 Å². The summed E-state index contributed by atoms with van der Waals surface area (Å²) in [6.07, 6.45) is 0. The molecule has 2 aromatic carbocycles. The van der Waals surface area contributed by atoms with Crippen molar-refractivity contribution in [1.29, 1.82) is 0 Å². The summed E-state index contributed by atoms with van der Waals surface area (Å²) < 4.78 is 6.51. The number of piperazine rings is 1. The number of ether oxygens (including phenoxy) is 1. The lowest BCUT2D eigenvalue weighted by Gasteiger charge is -2.35. The number of phenolic OH excluding ortho intramolecular Hbond substituents is 1. The molecular weight excluding hydrogens is 438 g/mol. The average molecular weight is 460 g/mol. The lowest BCUT2D eigenvalue weighted by Crippen LogP contribution is -2.46. The van der Waals surface area contributed by atoms with Crippen LogP contribution >= 0.6 is 27.3 Å². The van der Waals surface area contributed by atoms with Crippen molar-refractivity contribution in [2.24, 2.45) is 0 Å². The van der Waals surface area contributed by atoms with Gasteiger partial charge in [-0.3, -0.25) is 4.90 Å². The molecule has 28 heavy (non-hydrogen) atoms. The number of aromatic nitrogens is 1. The molecule has 4 rings (SSSR count). The van der Waals surface area contributed by atoms with Gasteiger partial charge in [0.2, 0.25) is 0 Å². The molecule has 0 saturated carbocycles. The van der Waals surface area contributed by atoms with Crippen LogP contribution in [-0.4, -0.2) is 48.3 Å². The number of anilines is 1. The van der Waals surface area contributed by atoms with E-state index in [1.807, 2.05) is 24.3 Å². The van der Waals surface area contributed by atoms with E-state index in [4.69, 9.17) is 9.72 Å². The van der Waals surface area contributed by atoms with Gasteiger partial charge in [0.15, 0.2) is 0 Å². The maximum Gasteiger partial charge on any atom is 0.129 e. The van der Waals surface area contributed by atoms with Crippen molar-refractivity contribution < 1.29 is 9.84 Å². The third kappa shape index (κ3) is 4.32. The second-order valence-electron chi connectivity index (χ2n) is 6.77. The van der Waals surface area contributed by atoms with Crippen LogP contribution in [0, 0.1) is 0 Å². The van der Waals surface area contributed by atoms with Gasteiger partial charge in [0, 0.05) is 48.3 Å². The van der Waals surface area contributed by atoms with Crippen LogP contribution in [-0.2, 0) is 6.54 Å². The Kier molecular flexibility index (Phi) is 5.85. The van der Waals surface area contributed by atoms with Gasteiger partial charge in [-0.25, -0.2) is 4.98 Å². The summed E-state index contributed by atoms with van der Waals surface area (Å²) in [7, 11) is 1.69. The highest BCUT2D eigenvalue weighted by atomic mass is 79.9. The van der Waals surface area contributed by atoms with E-state index in [-0.39, 0.29) is 0 Å². The smallest absolute Gasteiger partial charge is 0.129 e. The van der Waals surface area contributed by atoms with Gasteiger partial charge in [0.25, 0.3) is 0 Å². The van der Waals surface area contributed by atoms with E-state index in [1.165, 1.54) is 0 Å². The number of benzene rings is 2. The number of aromatic hydroxyl groups is 1. The van der Waals surface area contributed by atoms with Crippen LogP contribution in [0.1, 0.15) is 5.69 Å². The van der Waals surface area contributed by atoms with Gasteiger partial charge in [-0.15, -0.1) is 11.3 Å². The first-order chi connectivity index (χ1) is 13.6. The van der Waals surface area contributed by atoms with E-state index in [1.54, 1.807) is 30.6 Å². The van der Waals surface area contributed by atoms with Crippen molar-refractivity contribution in [2.45, 2.75) is 6.54 Å². The highest BCUT2D eigenvalue weighted by Gasteiger charge is 2.19. The summed E-state index contributed by atoms with van der Waals surface area (Å²) in [6, 6.07) is 13.4. The van der Waals surface area contributed by atoms with Crippen molar-refractivity contribution in [2.75, 3.05) is 38.2 Å². The van der Waals surface area contributed by atoms with Crippen LogP contribution in [0.2, 0.25) is 0 Å². The third-order valence-corrected chi connectivity index (χ3v) is 6.33. The van der Waals surface area contributed by atoms with E-state index >= 15 is 0 Å². The van der Waals surface area contributed by atoms with E-state index in [0.717, 1.165) is 64.9 Å². The summed E-state index contributed by atoms with van der Waals surface area (Å²) >= 11 is 5.19. The molecule has 1 fully saturated rings. The predicted molar refractivity (Wildman–Crippen MR) is 117 cm³/mol. The quantitative estimate of drug-likeness (QED) is 0.603. The van der Waals surface area contributed by atoms with Crippen LogP contribution < -0.4 is 9.64 Å².